The lowest BCUT2D eigenvalue weighted by Crippen LogP contribution is -2.01. The van der Waals surface area contributed by atoms with Crippen molar-refractivity contribution in [2.24, 2.45) is 0 Å². The fourth-order valence-electron chi connectivity index (χ4n) is 1.91. The second-order valence-corrected chi connectivity index (χ2v) is 4.30. The quantitative estimate of drug-likeness (QED) is 0.892. The standard InChI is InChI=1S/C16H17FO2/c1-2-12-3-5-13(6-4-12)14-9-15(17)11-16(10-14)19-8-7-18/h3-6,9-11,18H,2,7-8H2,1H3. The van der Waals surface area contributed by atoms with E-state index in [0.29, 0.717) is 5.75 Å². The van der Waals surface area contributed by atoms with Crippen molar-refractivity contribution in [3.8, 4) is 16.9 Å². The average molecular weight is 260 g/mol. The van der Waals surface area contributed by atoms with Crippen LogP contribution in [0.2, 0.25) is 0 Å². The molecule has 2 aromatic rings. The highest BCUT2D eigenvalue weighted by atomic mass is 19.1. The van der Waals surface area contributed by atoms with Gasteiger partial charge in [-0.05, 0) is 35.2 Å². The van der Waals surface area contributed by atoms with Gasteiger partial charge in [0.15, 0.2) is 0 Å². The van der Waals surface area contributed by atoms with Crippen LogP contribution in [-0.2, 0) is 6.42 Å². The van der Waals surface area contributed by atoms with Crippen LogP contribution in [0.4, 0.5) is 4.39 Å². The average Bonchev–Trinajstić information content (AvgIpc) is 2.44. The number of hydrogen-bond acceptors (Lipinski definition) is 2. The smallest absolute Gasteiger partial charge is 0.127 e. The summed E-state index contributed by atoms with van der Waals surface area (Å²) in [6, 6.07) is 12.6. The van der Waals surface area contributed by atoms with E-state index >= 15 is 0 Å². The van der Waals surface area contributed by atoms with Crippen molar-refractivity contribution in [1.82, 2.24) is 0 Å². The monoisotopic (exact) mass is 260 g/mol. The maximum absolute atomic E-state index is 13.5. The van der Waals surface area contributed by atoms with E-state index in [-0.39, 0.29) is 19.0 Å². The van der Waals surface area contributed by atoms with Gasteiger partial charge >= 0.3 is 0 Å². The number of benzene rings is 2. The molecule has 19 heavy (non-hydrogen) atoms. The highest BCUT2D eigenvalue weighted by Crippen LogP contribution is 2.26. The lowest BCUT2D eigenvalue weighted by atomic mass is 10.0. The summed E-state index contributed by atoms with van der Waals surface area (Å²) in [6.45, 7) is 2.17. The normalized spacial score (nSPS) is 10.5. The molecule has 0 fully saturated rings. The second kappa shape index (κ2) is 6.34. The molecule has 3 heteroatoms. The third-order valence-electron chi connectivity index (χ3n) is 2.93. The summed E-state index contributed by atoms with van der Waals surface area (Å²) >= 11 is 0. The van der Waals surface area contributed by atoms with E-state index < -0.39 is 0 Å². The predicted molar refractivity (Wildman–Crippen MR) is 73.8 cm³/mol. The zero-order valence-electron chi connectivity index (χ0n) is 10.9. The predicted octanol–water partition coefficient (Wildman–Crippen LogP) is 3.43. The van der Waals surface area contributed by atoms with E-state index in [1.54, 1.807) is 6.07 Å². The highest BCUT2D eigenvalue weighted by molar-refractivity contribution is 5.65. The number of rotatable bonds is 5. The van der Waals surface area contributed by atoms with Crippen LogP contribution < -0.4 is 4.74 Å². The summed E-state index contributed by atoms with van der Waals surface area (Å²) in [6.07, 6.45) is 0.980. The Morgan fingerprint density at radius 3 is 2.42 bits per heavy atom. The van der Waals surface area contributed by atoms with Crippen molar-refractivity contribution in [2.75, 3.05) is 13.2 Å². The van der Waals surface area contributed by atoms with Crippen molar-refractivity contribution in [3.05, 3.63) is 53.8 Å². The molecule has 2 rings (SSSR count). The first kappa shape index (κ1) is 13.6. The molecule has 0 radical (unpaired) electrons. The van der Waals surface area contributed by atoms with E-state index in [1.807, 2.05) is 24.3 Å². The number of aliphatic hydroxyl groups excluding tert-OH is 1. The van der Waals surface area contributed by atoms with Gasteiger partial charge in [-0.1, -0.05) is 31.2 Å². The third kappa shape index (κ3) is 3.55. The van der Waals surface area contributed by atoms with Gasteiger partial charge in [0.1, 0.15) is 18.2 Å². The summed E-state index contributed by atoms with van der Waals surface area (Å²) in [7, 11) is 0. The van der Waals surface area contributed by atoms with E-state index in [1.165, 1.54) is 17.7 Å². The van der Waals surface area contributed by atoms with Crippen molar-refractivity contribution >= 4 is 0 Å². The van der Waals surface area contributed by atoms with Crippen molar-refractivity contribution < 1.29 is 14.2 Å². The molecule has 0 amide bonds. The molecule has 0 atom stereocenters. The van der Waals surface area contributed by atoms with Crippen LogP contribution in [0.1, 0.15) is 12.5 Å². The molecular formula is C16H17FO2. The Bertz CT molecular complexity index is 535. The minimum atomic E-state index is -0.343. The minimum absolute atomic E-state index is 0.0863. The molecule has 0 heterocycles. The van der Waals surface area contributed by atoms with Gasteiger partial charge in [0.05, 0.1) is 6.61 Å². The Hall–Kier alpha value is -1.87. The van der Waals surface area contributed by atoms with Crippen LogP contribution >= 0.6 is 0 Å². The van der Waals surface area contributed by atoms with Crippen LogP contribution in [0.3, 0.4) is 0 Å². The zero-order valence-corrected chi connectivity index (χ0v) is 10.9. The lowest BCUT2D eigenvalue weighted by molar-refractivity contribution is 0.201. The molecule has 0 aliphatic rings. The summed E-state index contributed by atoms with van der Waals surface area (Å²) in [5, 5.41) is 8.72. The van der Waals surface area contributed by atoms with Gasteiger partial charge in [0.2, 0.25) is 0 Å². The Morgan fingerprint density at radius 1 is 1.05 bits per heavy atom. The minimum Gasteiger partial charge on any atom is -0.491 e. The van der Waals surface area contributed by atoms with Gasteiger partial charge in [-0.3, -0.25) is 0 Å². The molecule has 0 unspecified atom stereocenters. The molecule has 0 saturated heterocycles. The Morgan fingerprint density at radius 2 is 1.79 bits per heavy atom. The number of halogens is 1. The SMILES string of the molecule is CCc1ccc(-c2cc(F)cc(OCCO)c2)cc1. The van der Waals surface area contributed by atoms with Crippen LogP contribution in [0, 0.1) is 5.82 Å². The summed E-state index contributed by atoms with van der Waals surface area (Å²) < 4.78 is 18.8. The van der Waals surface area contributed by atoms with Gasteiger partial charge in [-0.15, -0.1) is 0 Å². The van der Waals surface area contributed by atoms with Gasteiger partial charge < -0.3 is 9.84 Å². The zero-order chi connectivity index (χ0) is 13.7. The van der Waals surface area contributed by atoms with Gasteiger partial charge in [-0.2, -0.15) is 0 Å². The van der Waals surface area contributed by atoms with E-state index in [9.17, 15) is 4.39 Å². The number of aliphatic hydroxyl groups is 1. The maximum Gasteiger partial charge on any atom is 0.127 e. The van der Waals surface area contributed by atoms with Crippen LogP contribution in [0.5, 0.6) is 5.75 Å². The molecule has 0 aromatic heterocycles. The first-order chi connectivity index (χ1) is 9.22. The van der Waals surface area contributed by atoms with Crippen molar-refractivity contribution in [3.63, 3.8) is 0 Å². The van der Waals surface area contributed by atoms with Crippen LogP contribution in [0.15, 0.2) is 42.5 Å². The summed E-state index contributed by atoms with van der Waals surface area (Å²) in [5.41, 5.74) is 2.97. The first-order valence-corrected chi connectivity index (χ1v) is 6.36. The molecule has 2 aromatic carbocycles. The fourth-order valence-corrected chi connectivity index (χ4v) is 1.91. The van der Waals surface area contributed by atoms with E-state index in [0.717, 1.165) is 17.5 Å². The maximum atomic E-state index is 13.5. The largest absolute Gasteiger partial charge is 0.491 e. The molecule has 0 spiro atoms. The van der Waals surface area contributed by atoms with E-state index in [2.05, 4.69) is 6.92 Å². The van der Waals surface area contributed by atoms with Gasteiger partial charge in [0.25, 0.3) is 0 Å². The van der Waals surface area contributed by atoms with Gasteiger partial charge in [-0.25, -0.2) is 4.39 Å². The number of aryl methyl sites for hydroxylation is 1. The Balaban J connectivity index is 2.29. The Kier molecular flexibility index (Phi) is 4.53. The molecule has 100 valence electrons. The molecule has 0 aliphatic carbocycles. The topological polar surface area (TPSA) is 29.5 Å². The van der Waals surface area contributed by atoms with Crippen LogP contribution in [0.25, 0.3) is 11.1 Å². The highest BCUT2D eigenvalue weighted by Gasteiger charge is 2.04. The molecule has 0 bridgehead atoms. The van der Waals surface area contributed by atoms with Gasteiger partial charge in [0, 0.05) is 6.07 Å². The molecule has 1 N–H and O–H groups in total. The Labute approximate surface area is 112 Å². The second-order valence-electron chi connectivity index (χ2n) is 4.30. The first-order valence-electron chi connectivity index (χ1n) is 6.36. The van der Waals surface area contributed by atoms with Crippen molar-refractivity contribution in [1.29, 1.82) is 0 Å². The fraction of sp³-hybridized carbons (Fsp3) is 0.250. The number of ether oxygens (including phenoxy) is 1. The van der Waals surface area contributed by atoms with Crippen LogP contribution in [-0.4, -0.2) is 18.3 Å². The third-order valence-corrected chi connectivity index (χ3v) is 2.93. The summed E-state index contributed by atoms with van der Waals surface area (Å²) in [4.78, 5) is 0. The lowest BCUT2D eigenvalue weighted by Gasteiger charge is -2.08. The molecule has 2 nitrogen and oxygen atoms in total. The number of hydrogen-bond donors (Lipinski definition) is 1. The molecular weight excluding hydrogens is 243 g/mol. The molecule has 0 aliphatic heterocycles. The summed E-state index contributed by atoms with van der Waals surface area (Å²) in [5.74, 6) is 0.0913. The van der Waals surface area contributed by atoms with Crippen molar-refractivity contribution in [2.45, 2.75) is 13.3 Å². The molecule has 0 saturated carbocycles. The van der Waals surface area contributed by atoms with E-state index in [4.69, 9.17) is 9.84 Å².